The van der Waals surface area contributed by atoms with E-state index in [1.807, 2.05) is 45.3 Å². The predicted molar refractivity (Wildman–Crippen MR) is 225 cm³/mol. The molecule has 2 aliphatic heterocycles. The van der Waals surface area contributed by atoms with Gasteiger partial charge in [0.05, 0.1) is 9.95 Å². The van der Waals surface area contributed by atoms with Crippen LogP contribution in [0.4, 0.5) is 0 Å². The molecule has 5 aromatic rings. The molecule has 0 N–H and O–H groups in total. The average molecular weight is 749 g/mol. The van der Waals surface area contributed by atoms with Gasteiger partial charge in [-0.05, 0) is 97.4 Å². The second-order valence-electron chi connectivity index (χ2n) is 15.4. The molecule has 0 nitrogen and oxygen atoms in total. The van der Waals surface area contributed by atoms with Gasteiger partial charge in [0.15, 0.2) is 0 Å². The summed E-state index contributed by atoms with van der Waals surface area (Å²) >= 11 is 12.3. The molecule has 6 heterocycles. The van der Waals surface area contributed by atoms with Gasteiger partial charge in [-0.2, -0.15) is 0 Å². The van der Waals surface area contributed by atoms with Gasteiger partial charge in [0.2, 0.25) is 0 Å². The summed E-state index contributed by atoms with van der Waals surface area (Å²) in [4.78, 5) is 10.5. The van der Waals surface area contributed by atoms with Crippen molar-refractivity contribution in [3.63, 3.8) is 0 Å². The molecule has 48 heavy (non-hydrogen) atoms. The van der Waals surface area contributed by atoms with E-state index in [4.69, 9.17) is 0 Å². The van der Waals surface area contributed by atoms with Crippen LogP contribution in [0, 0.1) is 23.7 Å². The Kier molecular flexibility index (Phi) is 11.6. The van der Waals surface area contributed by atoms with Crippen molar-refractivity contribution in [1.82, 2.24) is 0 Å². The Labute approximate surface area is 314 Å². The molecule has 0 amide bonds. The van der Waals surface area contributed by atoms with Gasteiger partial charge in [0.1, 0.15) is 0 Å². The lowest BCUT2D eigenvalue weighted by molar-refractivity contribution is 0.437. The number of hydrogen-bond donors (Lipinski definition) is 0. The Hall–Kier alpha value is -1.02. The third-order valence-electron chi connectivity index (χ3n) is 10.2. The topological polar surface area (TPSA) is 0 Å². The maximum absolute atomic E-state index is 2.58. The molecule has 0 bridgehead atoms. The first-order chi connectivity index (χ1) is 23.2. The van der Waals surface area contributed by atoms with Crippen molar-refractivity contribution < 1.29 is 0 Å². The van der Waals surface area contributed by atoms with Crippen LogP contribution in [-0.4, -0.2) is 5.25 Å². The van der Waals surface area contributed by atoms with E-state index in [2.05, 4.69) is 114 Å². The highest BCUT2D eigenvalue weighted by Crippen LogP contribution is 2.61. The lowest BCUT2D eigenvalue weighted by Crippen LogP contribution is -1.98. The van der Waals surface area contributed by atoms with Crippen molar-refractivity contribution in [2.24, 2.45) is 23.7 Å². The Bertz CT molecular complexity index is 1860. The summed E-state index contributed by atoms with van der Waals surface area (Å²) in [5, 5.41) is 2.58. The number of thiophene rings is 4. The number of thioether (sulfide) groups is 2. The SMILES string of the molecule is CC(C)CCCC(C)CCc1ccc(C2=CC3Sc4cc5sc6cc(-c7ccc(CCC(C)CCCC(C)C)s7)sc6c5cc4C3S2)s1. The highest BCUT2D eigenvalue weighted by molar-refractivity contribution is 8.11. The van der Waals surface area contributed by atoms with Crippen molar-refractivity contribution in [3.05, 3.63) is 68.7 Å². The summed E-state index contributed by atoms with van der Waals surface area (Å²) < 4.78 is 4.41. The monoisotopic (exact) mass is 748 g/mol. The standard InChI is InChI=1S/C42H52S6/c1-25(2)9-7-11-27(5)13-15-29-17-19-33(43-29)37-23-39-41(47-37)31-21-32-36(22-35(31)45-39)46-40-24-38(48-42(32)40)34-20-18-30(44-34)16-14-28(6)12-8-10-26(3)4/h17-28,39,41H,7-16H2,1-6H3. The first-order valence-corrected chi connectivity index (χ1v) is 23.5. The van der Waals surface area contributed by atoms with E-state index in [1.54, 1.807) is 15.3 Å². The van der Waals surface area contributed by atoms with Crippen molar-refractivity contribution in [3.8, 4) is 9.75 Å². The minimum atomic E-state index is 0.540. The quantitative estimate of drug-likeness (QED) is 0.0985. The summed E-state index contributed by atoms with van der Waals surface area (Å²) in [6.07, 6.45) is 15.9. The van der Waals surface area contributed by atoms with Crippen LogP contribution in [0.15, 0.2) is 53.4 Å². The molecule has 1 aromatic carbocycles. The van der Waals surface area contributed by atoms with E-state index in [9.17, 15) is 0 Å². The minimum Gasteiger partial charge on any atom is -0.140 e. The van der Waals surface area contributed by atoms with Crippen molar-refractivity contribution in [1.29, 1.82) is 0 Å². The smallest absolute Gasteiger partial charge is 0.0536 e. The number of benzene rings is 1. The molecule has 0 spiro atoms. The largest absolute Gasteiger partial charge is 0.140 e. The van der Waals surface area contributed by atoms with Crippen LogP contribution in [0.2, 0.25) is 0 Å². The van der Waals surface area contributed by atoms with E-state index in [-0.39, 0.29) is 0 Å². The Morgan fingerprint density at radius 2 is 1.23 bits per heavy atom. The first kappa shape index (κ1) is 35.4. The van der Waals surface area contributed by atoms with Gasteiger partial charge in [-0.25, -0.2) is 0 Å². The highest BCUT2D eigenvalue weighted by atomic mass is 32.2. The zero-order chi connectivity index (χ0) is 33.4. The molecule has 0 radical (unpaired) electrons. The number of rotatable bonds is 16. The zero-order valence-corrected chi connectivity index (χ0v) is 34.5. The fourth-order valence-electron chi connectivity index (χ4n) is 7.25. The van der Waals surface area contributed by atoms with E-state index in [0.717, 1.165) is 23.7 Å². The van der Waals surface area contributed by atoms with Crippen LogP contribution < -0.4 is 0 Å². The normalized spacial score (nSPS) is 18.8. The summed E-state index contributed by atoms with van der Waals surface area (Å²) in [6.45, 7) is 14.3. The Balaban J connectivity index is 0.988. The van der Waals surface area contributed by atoms with E-state index >= 15 is 0 Å². The third-order valence-corrected chi connectivity index (χ3v) is 18.2. The molecule has 0 saturated carbocycles. The molecule has 4 unspecified atom stereocenters. The molecule has 6 heteroatoms. The summed E-state index contributed by atoms with van der Waals surface area (Å²) in [6, 6.07) is 17.1. The number of fused-ring (bicyclic) bond motifs is 6. The fourth-order valence-corrected chi connectivity index (χ4v) is 15.2. The Morgan fingerprint density at radius 1 is 0.583 bits per heavy atom. The molecule has 256 valence electrons. The first-order valence-electron chi connectivity index (χ1n) is 18.4. The summed E-state index contributed by atoms with van der Waals surface area (Å²) in [5.74, 6) is 3.31. The molecule has 2 aliphatic rings. The fraction of sp³-hybridized carbons (Fsp3) is 0.524. The van der Waals surface area contributed by atoms with Gasteiger partial charge in [0, 0.05) is 54.2 Å². The lowest BCUT2D eigenvalue weighted by atomic mass is 9.96. The van der Waals surface area contributed by atoms with Crippen LogP contribution in [0.5, 0.6) is 0 Å². The molecule has 4 aromatic heterocycles. The predicted octanol–water partition coefficient (Wildman–Crippen LogP) is 16.0. The molecular weight excluding hydrogens is 697 g/mol. The van der Waals surface area contributed by atoms with Gasteiger partial charge in [0.25, 0.3) is 0 Å². The lowest BCUT2D eigenvalue weighted by Gasteiger charge is -2.11. The maximum atomic E-state index is 2.58. The molecule has 0 saturated heterocycles. The molecule has 0 aliphatic carbocycles. The number of aryl methyl sites for hydroxylation is 2. The van der Waals surface area contributed by atoms with Crippen molar-refractivity contribution >= 4 is 93.3 Å². The van der Waals surface area contributed by atoms with Crippen molar-refractivity contribution in [2.75, 3.05) is 0 Å². The molecular formula is C42H52S6. The van der Waals surface area contributed by atoms with Gasteiger partial charge < -0.3 is 0 Å². The van der Waals surface area contributed by atoms with Crippen LogP contribution in [0.25, 0.3) is 34.1 Å². The van der Waals surface area contributed by atoms with Gasteiger partial charge in [-0.15, -0.1) is 68.9 Å². The van der Waals surface area contributed by atoms with Crippen LogP contribution >= 0.6 is 68.9 Å². The minimum absolute atomic E-state index is 0.540. The summed E-state index contributed by atoms with van der Waals surface area (Å²) in [7, 11) is 0. The van der Waals surface area contributed by atoms with Crippen LogP contribution in [0.3, 0.4) is 0 Å². The van der Waals surface area contributed by atoms with E-state index < -0.39 is 0 Å². The van der Waals surface area contributed by atoms with Gasteiger partial charge in [-0.3, -0.25) is 0 Å². The van der Waals surface area contributed by atoms with Crippen LogP contribution in [0.1, 0.15) is 118 Å². The van der Waals surface area contributed by atoms with E-state index in [0.29, 0.717) is 10.5 Å². The maximum Gasteiger partial charge on any atom is 0.0536 e. The Morgan fingerprint density at radius 3 is 1.90 bits per heavy atom. The van der Waals surface area contributed by atoms with Gasteiger partial charge >= 0.3 is 0 Å². The third kappa shape index (κ3) is 8.20. The number of hydrogen-bond acceptors (Lipinski definition) is 6. The molecule has 0 fully saturated rings. The highest BCUT2D eigenvalue weighted by Gasteiger charge is 2.39. The average Bonchev–Trinajstić information content (AvgIpc) is 3.87. The molecule has 7 rings (SSSR count). The molecule has 4 atom stereocenters. The van der Waals surface area contributed by atoms with Crippen molar-refractivity contribution in [2.45, 2.75) is 121 Å². The summed E-state index contributed by atoms with van der Waals surface area (Å²) in [5.41, 5.74) is 1.57. The zero-order valence-electron chi connectivity index (χ0n) is 29.6. The second kappa shape index (κ2) is 15.7. The van der Waals surface area contributed by atoms with Crippen LogP contribution in [-0.2, 0) is 12.8 Å². The van der Waals surface area contributed by atoms with Gasteiger partial charge in [-0.1, -0.05) is 86.1 Å². The second-order valence-corrected chi connectivity index (χ2v) is 22.3. The van der Waals surface area contributed by atoms with E-state index in [1.165, 1.54) is 108 Å².